The van der Waals surface area contributed by atoms with Gasteiger partial charge in [0.1, 0.15) is 10.8 Å². The summed E-state index contributed by atoms with van der Waals surface area (Å²) < 4.78 is 7.19. The van der Waals surface area contributed by atoms with Crippen LogP contribution >= 0.6 is 23.1 Å². The summed E-state index contributed by atoms with van der Waals surface area (Å²) >= 11 is 2.75. The van der Waals surface area contributed by atoms with Crippen molar-refractivity contribution in [3.05, 3.63) is 22.3 Å². The zero-order valence-electron chi connectivity index (χ0n) is 17.9. The van der Waals surface area contributed by atoms with Gasteiger partial charge in [0.2, 0.25) is 5.91 Å². The molecule has 0 aliphatic heterocycles. The van der Waals surface area contributed by atoms with Crippen LogP contribution in [0.4, 0.5) is 5.00 Å². The molecule has 2 aromatic rings. The van der Waals surface area contributed by atoms with E-state index < -0.39 is 5.97 Å². The normalized spacial score (nSPS) is 14.6. The Balaban J connectivity index is 1.59. The Kier molecular flexibility index (Phi) is 8.32. The standard InChI is InChI=1S/C21H30N4O3S2/c1-4-25-17(12-15-9-7-6-8-10-15)23-24-21(25)29-13-18(26)22-19-16(11-14(3)30-19)20(27)28-5-2/h11,15H,4-10,12-13H2,1-3H3,(H,22,26). The van der Waals surface area contributed by atoms with Crippen LogP contribution in [-0.2, 0) is 22.5 Å². The molecule has 1 N–H and O–H groups in total. The van der Waals surface area contributed by atoms with Gasteiger partial charge in [0.25, 0.3) is 0 Å². The Morgan fingerprint density at radius 3 is 2.73 bits per heavy atom. The third-order valence-corrected chi connectivity index (χ3v) is 7.17. The largest absolute Gasteiger partial charge is 0.462 e. The number of carbonyl (C=O) groups is 2. The number of carbonyl (C=O) groups excluding carboxylic acids is 2. The molecule has 2 aromatic heterocycles. The molecule has 0 bridgehead atoms. The number of ether oxygens (including phenoxy) is 1. The molecule has 1 amide bonds. The number of nitrogens with zero attached hydrogens (tertiary/aromatic N) is 3. The maximum atomic E-state index is 12.5. The van der Waals surface area contributed by atoms with Crippen molar-refractivity contribution >= 4 is 40.0 Å². The van der Waals surface area contributed by atoms with E-state index in [9.17, 15) is 9.59 Å². The number of amides is 1. The van der Waals surface area contributed by atoms with Crippen molar-refractivity contribution in [1.82, 2.24) is 14.8 Å². The van der Waals surface area contributed by atoms with Crippen molar-refractivity contribution in [3.63, 3.8) is 0 Å². The van der Waals surface area contributed by atoms with Crippen LogP contribution in [0.2, 0.25) is 0 Å². The second-order valence-corrected chi connectivity index (χ2v) is 9.71. The summed E-state index contributed by atoms with van der Waals surface area (Å²) in [5.41, 5.74) is 0.407. The number of esters is 1. The highest BCUT2D eigenvalue weighted by atomic mass is 32.2. The Bertz CT molecular complexity index is 872. The van der Waals surface area contributed by atoms with E-state index in [0.717, 1.165) is 28.8 Å². The summed E-state index contributed by atoms with van der Waals surface area (Å²) in [6.07, 6.45) is 7.46. The average Bonchev–Trinajstić information content (AvgIpc) is 3.29. The molecule has 1 fully saturated rings. The molecule has 0 spiro atoms. The van der Waals surface area contributed by atoms with Crippen molar-refractivity contribution in [2.24, 2.45) is 5.92 Å². The molecule has 0 unspecified atom stereocenters. The minimum atomic E-state index is -0.414. The molecule has 0 radical (unpaired) electrons. The molecule has 164 valence electrons. The van der Waals surface area contributed by atoms with Gasteiger partial charge in [-0.2, -0.15) is 0 Å². The number of nitrogens with one attached hydrogen (secondary N) is 1. The highest BCUT2D eigenvalue weighted by Gasteiger charge is 2.21. The van der Waals surface area contributed by atoms with Crippen molar-refractivity contribution in [2.75, 3.05) is 17.7 Å². The number of aryl methyl sites for hydroxylation is 1. The minimum absolute atomic E-state index is 0.174. The van der Waals surface area contributed by atoms with Crippen LogP contribution in [0, 0.1) is 12.8 Å². The molecule has 1 aliphatic carbocycles. The second kappa shape index (κ2) is 10.9. The molecular formula is C21H30N4O3S2. The summed E-state index contributed by atoms with van der Waals surface area (Å²) in [6, 6.07) is 1.75. The van der Waals surface area contributed by atoms with E-state index in [-0.39, 0.29) is 11.7 Å². The first-order valence-corrected chi connectivity index (χ1v) is 12.4. The van der Waals surface area contributed by atoms with Gasteiger partial charge in [-0.15, -0.1) is 21.5 Å². The molecule has 7 nitrogen and oxygen atoms in total. The van der Waals surface area contributed by atoms with Gasteiger partial charge in [0.05, 0.1) is 17.9 Å². The van der Waals surface area contributed by atoms with Crippen LogP contribution in [-0.4, -0.2) is 39.0 Å². The highest BCUT2D eigenvalue weighted by Crippen LogP contribution is 2.30. The van der Waals surface area contributed by atoms with Crippen LogP contribution in [0.25, 0.3) is 0 Å². The average molecular weight is 451 g/mol. The van der Waals surface area contributed by atoms with E-state index in [1.807, 2.05) is 6.92 Å². The maximum absolute atomic E-state index is 12.5. The number of hydrogen-bond donors (Lipinski definition) is 1. The number of anilines is 1. The van der Waals surface area contributed by atoms with Crippen molar-refractivity contribution < 1.29 is 14.3 Å². The quantitative estimate of drug-likeness (QED) is 0.440. The van der Waals surface area contributed by atoms with Gasteiger partial charge in [0, 0.05) is 17.8 Å². The third kappa shape index (κ3) is 5.85. The first kappa shape index (κ1) is 22.8. The zero-order valence-corrected chi connectivity index (χ0v) is 19.5. The molecule has 9 heteroatoms. The van der Waals surface area contributed by atoms with Gasteiger partial charge in [-0.1, -0.05) is 43.9 Å². The van der Waals surface area contributed by atoms with Crippen LogP contribution in [0.5, 0.6) is 0 Å². The lowest BCUT2D eigenvalue weighted by molar-refractivity contribution is -0.113. The number of hydrogen-bond acceptors (Lipinski definition) is 7. The fourth-order valence-corrected chi connectivity index (χ4v) is 5.54. The predicted molar refractivity (Wildman–Crippen MR) is 120 cm³/mol. The fourth-order valence-electron chi connectivity index (χ4n) is 3.80. The zero-order chi connectivity index (χ0) is 21.5. The van der Waals surface area contributed by atoms with Crippen molar-refractivity contribution in [3.8, 4) is 0 Å². The summed E-state index contributed by atoms with van der Waals surface area (Å²) in [7, 11) is 0. The van der Waals surface area contributed by atoms with Crippen LogP contribution in [0.1, 0.15) is 67.0 Å². The van der Waals surface area contributed by atoms with E-state index in [2.05, 4.69) is 27.0 Å². The van der Waals surface area contributed by atoms with Gasteiger partial charge in [-0.05, 0) is 32.8 Å². The number of thiophene rings is 1. The molecule has 1 aliphatic rings. The minimum Gasteiger partial charge on any atom is -0.462 e. The highest BCUT2D eigenvalue weighted by molar-refractivity contribution is 7.99. The summed E-state index contributed by atoms with van der Waals surface area (Å²) in [4.78, 5) is 25.6. The third-order valence-electron chi connectivity index (χ3n) is 5.24. The van der Waals surface area contributed by atoms with Crippen molar-refractivity contribution in [2.45, 2.75) is 71.0 Å². The van der Waals surface area contributed by atoms with Crippen LogP contribution in [0.15, 0.2) is 11.2 Å². The van der Waals surface area contributed by atoms with Crippen LogP contribution < -0.4 is 5.32 Å². The van der Waals surface area contributed by atoms with Crippen LogP contribution in [0.3, 0.4) is 0 Å². The Labute approximate surface area is 186 Å². The lowest BCUT2D eigenvalue weighted by atomic mass is 9.87. The Morgan fingerprint density at radius 2 is 2.03 bits per heavy atom. The summed E-state index contributed by atoms with van der Waals surface area (Å²) in [6.45, 7) is 6.83. The van der Waals surface area contributed by atoms with Gasteiger partial charge < -0.3 is 14.6 Å². The molecule has 0 aromatic carbocycles. The first-order chi connectivity index (χ1) is 14.5. The number of thioether (sulfide) groups is 1. The molecule has 30 heavy (non-hydrogen) atoms. The van der Waals surface area contributed by atoms with E-state index in [0.29, 0.717) is 23.1 Å². The maximum Gasteiger partial charge on any atom is 0.341 e. The van der Waals surface area contributed by atoms with Crippen molar-refractivity contribution in [1.29, 1.82) is 0 Å². The Hall–Kier alpha value is -1.87. The monoisotopic (exact) mass is 450 g/mol. The number of aromatic nitrogens is 3. The van der Waals surface area contributed by atoms with Gasteiger partial charge in [-0.3, -0.25) is 4.79 Å². The molecule has 3 rings (SSSR count). The lowest BCUT2D eigenvalue weighted by Gasteiger charge is -2.21. The molecule has 2 heterocycles. The lowest BCUT2D eigenvalue weighted by Crippen LogP contribution is -2.17. The number of rotatable bonds is 9. The molecule has 1 saturated carbocycles. The predicted octanol–water partition coefficient (Wildman–Crippen LogP) is 4.70. The van der Waals surface area contributed by atoms with Gasteiger partial charge in [-0.25, -0.2) is 4.79 Å². The SMILES string of the molecule is CCOC(=O)c1cc(C)sc1NC(=O)CSc1nnc(CC2CCCCC2)n1CC. The van der Waals surface area contributed by atoms with E-state index in [1.165, 1.54) is 55.2 Å². The van der Waals surface area contributed by atoms with E-state index in [1.54, 1.807) is 13.0 Å². The topological polar surface area (TPSA) is 86.1 Å². The van der Waals surface area contributed by atoms with Gasteiger partial charge >= 0.3 is 5.97 Å². The second-order valence-electron chi connectivity index (χ2n) is 7.51. The Morgan fingerprint density at radius 1 is 1.27 bits per heavy atom. The first-order valence-electron chi connectivity index (χ1n) is 10.6. The van der Waals surface area contributed by atoms with E-state index >= 15 is 0 Å². The summed E-state index contributed by atoms with van der Waals surface area (Å²) in [5.74, 6) is 1.33. The van der Waals surface area contributed by atoms with E-state index in [4.69, 9.17) is 4.74 Å². The fraction of sp³-hybridized carbons (Fsp3) is 0.619. The summed E-state index contributed by atoms with van der Waals surface area (Å²) in [5, 5.41) is 12.9. The molecule has 0 saturated heterocycles. The molecule has 0 atom stereocenters. The van der Waals surface area contributed by atoms with Gasteiger partial charge in [0.15, 0.2) is 5.16 Å². The smallest absolute Gasteiger partial charge is 0.341 e. The molecular weight excluding hydrogens is 420 g/mol.